The van der Waals surface area contributed by atoms with Crippen LogP contribution in [0.1, 0.15) is 22.2 Å². The van der Waals surface area contributed by atoms with E-state index in [1.165, 1.54) is 11.3 Å². The third kappa shape index (κ3) is 3.59. The number of benzene rings is 1. The normalized spacial score (nSPS) is 10.5. The lowest BCUT2D eigenvalue weighted by atomic mass is 10.2. The van der Waals surface area contributed by atoms with Crippen molar-refractivity contribution in [1.82, 2.24) is 4.90 Å². The Morgan fingerprint density at radius 1 is 1.42 bits per heavy atom. The minimum absolute atomic E-state index is 0.0457. The monoisotopic (exact) mass is 357 g/mol. The topological polar surface area (TPSA) is 20.3 Å². The molecule has 0 fully saturated rings. The van der Waals surface area contributed by atoms with Crippen LogP contribution in [0, 0.1) is 0 Å². The number of carbonyl (C=O) groups is 1. The summed E-state index contributed by atoms with van der Waals surface area (Å²) < 4.78 is 0.854. The fourth-order valence-electron chi connectivity index (χ4n) is 1.77. The first-order chi connectivity index (χ1) is 9.11. The lowest BCUT2D eigenvalue weighted by molar-refractivity contribution is 0.0756. The molecular formula is C14H13BrClNOS. The Hall–Kier alpha value is -0.840. The van der Waals surface area contributed by atoms with E-state index < -0.39 is 0 Å². The molecule has 0 aliphatic carbocycles. The van der Waals surface area contributed by atoms with E-state index in [1.54, 1.807) is 0 Å². The number of amides is 1. The summed E-state index contributed by atoms with van der Waals surface area (Å²) in [4.78, 5) is 15.0. The Morgan fingerprint density at radius 3 is 2.79 bits per heavy atom. The van der Waals surface area contributed by atoms with Crippen molar-refractivity contribution >= 4 is 44.8 Å². The van der Waals surface area contributed by atoms with Crippen LogP contribution in [0.5, 0.6) is 0 Å². The molecule has 1 aromatic heterocycles. The van der Waals surface area contributed by atoms with Crippen LogP contribution in [0.2, 0.25) is 5.02 Å². The van der Waals surface area contributed by atoms with Crippen molar-refractivity contribution in [3.8, 4) is 0 Å². The summed E-state index contributed by atoms with van der Waals surface area (Å²) in [7, 11) is 0. The van der Waals surface area contributed by atoms with Gasteiger partial charge in [-0.05, 0) is 52.0 Å². The molecule has 1 heterocycles. The van der Waals surface area contributed by atoms with Gasteiger partial charge in [-0.1, -0.05) is 23.7 Å². The molecule has 0 N–H and O–H groups in total. The molecule has 2 rings (SSSR count). The van der Waals surface area contributed by atoms with Crippen LogP contribution in [0.15, 0.2) is 40.2 Å². The standard InChI is InChI=1S/C14H13BrClNOS/c1-2-17(9-10-4-3-5-11(16)8-10)14(18)13-12(15)6-7-19-13/h3-8H,2,9H2,1H3. The number of halogens is 2. The second-order valence-corrected chi connectivity index (χ2v) is 6.25. The number of rotatable bonds is 4. The third-order valence-corrected chi connectivity index (χ3v) is 4.80. The molecule has 0 radical (unpaired) electrons. The Balaban J connectivity index is 2.17. The van der Waals surface area contributed by atoms with Crippen LogP contribution < -0.4 is 0 Å². The van der Waals surface area contributed by atoms with Gasteiger partial charge in [-0.25, -0.2) is 0 Å². The molecule has 2 aromatic rings. The van der Waals surface area contributed by atoms with E-state index >= 15 is 0 Å². The molecule has 0 atom stereocenters. The number of nitrogens with zero attached hydrogens (tertiary/aromatic N) is 1. The van der Waals surface area contributed by atoms with E-state index in [9.17, 15) is 4.79 Å². The molecule has 0 saturated carbocycles. The molecular weight excluding hydrogens is 346 g/mol. The maximum atomic E-state index is 12.4. The second-order valence-electron chi connectivity index (χ2n) is 4.05. The summed E-state index contributed by atoms with van der Waals surface area (Å²) in [6.07, 6.45) is 0. The highest BCUT2D eigenvalue weighted by atomic mass is 79.9. The molecule has 1 aromatic carbocycles. The molecule has 0 unspecified atom stereocenters. The summed E-state index contributed by atoms with van der Waals surface area (Å²) in [5.74, 6) is 0.0457. The molecule has 0 aliphatic heterocycles. The van der Waals surface area contributed by atoms with Crippen molar-refractivity contribution in [2.75, 3.05) is 6.54 Å². The second kappa shape index (κ2) is 6.55. The van der Waals surface area contributed by atoms with Gasteiger partial charge >= 0.3 is 0 Å². The zero-order valence-corrected chi connectivity index (χ0v) is 13.6. The number of hydrogen-bond donors (Lipinski definition) is 0. The van der Waals surface area contributed by atoms with Gasteiger partial charge in [0, 0.05) is 22.6 Å². The molecule has 100 valence electrons. The van der Waals surface area contributed by atoms with E-state index in [-0.39, 0.29) is 5.91 Å². The van der Waals surface area contributed by atoms with Gasteiger partial charge in [-0.3, -0.25) is 4.79 Å². The largest absolute Gasteiger partial charge is 0.334 e. The smallest absolute Gasteiger partial charge is 0.265 e. The van der Waals surface area contributed by atoms with Gasteiger partial charge in [0.2, 0.25) is 0 Å². The van der Waals surface area contributed by atoms with E-state index in [0.29, 0.717) is 18.1 Å². The molecule has 1 amide bonds. The van der Waals surface area contributed by atoms with Gasteiger partial charge in [-0.2, -0.15) is 0 Å². The van der Waals surface area contributed by atoms with E-state index in [1.807, 2.05) is 47.5 Å². The highest BCUT2D eigenvalue weighted by Gasteiger charge is 2.18. The SMILES string of the molecule is CCN(Cc1cccc(Cl)c1)C(=O)c1sccc1Br. The Bertz CT molecular complexity index is 584. The van der Waals surface area contributed by atoms with Crippen LogP contribution in [0.3, 0.4) is 0 Å². The Morgan fingerprint density at radius 2 is 2.21 bits per heavy atom. The van der Waals surface area contributed by atoms with Crippen LogP contribution >= 0.6 is 38.9 Å². The quantitative estimate of drug-likeness (QED) is 0.767. The zero-order valence-electron chi connectivity index (χ0n) is 10.4. The lowest BCUT2D eigenvalue weighted by Crippen LogP contribution is -2.29. The van der Waals surface area contributed by atoms with Crippen LogP contribution in [-0.4, -0.2) is 17.4 Å². The van der Waals surface area contributed by atoms with Gasteiger partial charge in [0.1, 0.15) is 4.88 Å². The molecule has 5 heteroatoms. The highest BCUT2D eigenvalue weighted by Crippen LogP contribution is 2.25. The highest BCUT2D eigenvalue weighted by molar-refractivity contribution is 9.10. The first-order valence-corrected chi connectivity index (χ1v) is 7.93. The fraction of sp³-hybridized carbons (Fsp3) is 0.214. The minimum atomic E-state index is 0.0457. The molecule has 2 nitrogen and oxygen atoms in total. The zero-order chi connectivity index (χ0) is 13.8. The van der Waals surface area contributed by atoms with Gasteiger partial charge in [-0.15, -0.1) is 11.3 Å². The molecule has 0 aliphatic rings. The van der Waals surface area contributed by atoms with Crippen molar-refractivity contribution in [2.24, 2.45) is 0 Å². The summed E-state index contributed by atoms with van der Waals surface area (Å²) in [5.41, 5.74) is 1.04. The van der Waals surface area contributed by atoms with Crippen molar-refractivity contribution in [3.63, 3.8) is 0 Å². The van der Waals surface area contributed by atoms with Crippen molar-refractivity contribution in [2.45, 2.75) is 13.5 Å². The predicted molar refractivity (Wildman–Crippen MR) is 83.9 cm³/mol. The summed E-state index contributed by atoms with van der Waals surface area (Å²) in [5, 5.41) is 2.60. The number of carbonyl (C=O) groups excluding carboxylic acids is 1. The van der Waals surface area contributed by atoms with Crippen LogP contribution in [0.25, 0.3) is 0 Å². The summed E-state index contributed by atoms with van der Waals surface area (Å²) in [6, 6.07) is 9.49. The van der Waals surface area contributed by atoms with Gasteiger partial charge in [0.25, 0.3) is 5.91 Å². The summed E-state index contributed by atoms with van der Waals surface area (Å²) in [6.45, 7) is 3.21. The molecule has 0 bridgehead atoms. The van der Waals surface area contributed by atoms with Crippen LogP contribution in [-0.2, 0) is 6.54 Å². The molecule has 0 spiro atoms. The molecule has 19 heavy (non-hydrogen) atoms. The van der Waals surface area contributed by atoms with Gasteiger partial charge < -0.3 is 4.90 Å². The third-order valence-electron chi connectivity index (χ3n) is 2.74. The maximum Gasteiger partial charge on any atom is 0.265 e. The maximum absolute atomic E-state index is 12.4. The molecule has 0 saturated heterocycles. The van der Waals surface area contributed by atoms with E-state index in [2.05, 4.69) is 15.9 Å². The first-order valence-electron chi connectivity index (χ1n) is 5.88. The summed E-state index contributed by atoms with van der Waals surface area (Å²) >= 11 is 10.8. The van der Waals surface area contributed by atoms with E-state index in [0.717, 1.165) is 14.9 Å². The van der Waals surface area contributed by atoms with Crippen LogP contribution in [0.4, 0.5) is 0 Å². The average molecular weight is 359 g/mol. The predicted octanol–water partition coefficient (Wildman–Crippen LogP) is 4.83. The number of thiophene rings is 1. The minimum Gasteiger partial charge on any atom is -0.334 e. The van der Waals surface area contributed by atoms with Gasteiger partial charge in [0.05, 0.1) is 0 Å². The average Bonchev–Trinajstić information content (AvgIpc) is 2.81. The van der Waals surface area contributed by atoms with Crippen molar-refractivity contribution < 1.29 is 4.79 Å². The number of hydrogen-bond acceptors (Lipinski definition) is 2. The van der Waals surface area contributed by atoms with Crippen molar-refractivity contribution in [3.05, 3.63) is 55.6 Å². The lowest BCUT2D eigenvalue weighted by Gasteiger charge is -2.20. The van der Waals surface area contributed by atoms with Gasteiger partial charge in [0.15, 0.2) is 0 Å². The fourth-order valence-corrected chi connectivity index (χ4v) is 3.49. The Kier molecular flexibility index (Phi) is 5.02. The Labute approximate surface area is 130 Å². The van der Waals surface area contributed by atoms with E-state index in [4.69, 9.17) is 11.6 Å². The first kappa shape index (κ1) is 14.6. The van der Waals surface area contributed by atoms with Crippen molar-refractivity contribution in [1.29, 1.82) is 0 Å².